The molecule has 0 spiro atoms. The zero-order chi connectivity index (χ0) is 15.2. The van der Waals surface area contributed by atoms with Crippen molar-refractivity contribution < 1.29 is 17.9 Å². The number of nitrogens with one attached hydrogen (secondary N) is 1. The van der Waals surface area contributed by atoms with Crippen molar-refractivity contribution in [1.82, 2.24) is 5.32 Å². The summed E-state index contributed by atoms with van der Waals surface area (Å²) in [5, 5.41) is 3.35. The van der Waals surface area contributed by atoms with E-state index in [1.54, 1.807) is 6.07 Å². The Morgan fingerprint density at radius 1 is 1.15 bits per heavy atom. The van der Waals surface area contributed by atoms with Crippen LogP contribution in [-0.4, -0.2) is 19.5 Å². The van der Waals surface area contributed by atoms with E-state index in [1.807, 2.05) is 6.07 Å². The van der Waals surface area contributed by atoms with Crippen LogP contribution in [0, 0.1) is 11.8 Å². The van der Waals surface area contributed by atoms with E-state index in [9.17, 15) is 13.2 Å². The molecular weight excluding hydrogens is 267 g/mol. The Labute approximate surface area is 118 Å². The van der Waals surface area contributed by atoms with E-state index < -0.39 is 6.36 Å². The van der Waals surface area contributed by atoms with Crippen LogP contribution in [0.2, 0.25) is 0 Å². The molecule has 20 heavy (non-hydrogen) atoms. The minimum Gasteiger partial charge on any atom is -0.406 e. The molecule has 0 saturated heterocycles. The maximum atomic E-state index is 12.1. The fourth-order valence-electron chi connectivity index (χ4n) is 1.96. The van der Waals surface area contributed by atoms with Gasteiger partial charge in [-0.15, -0.1) is 13.2 Å². The summed E-state index contributed by atoms with van der Waals surface area (Å²) in [4.78, 5) is 0. The van der Waals surface area contributed by atoms with E-state index in [1.165, 1.54) is 12.1 Å². The monoisotopic (exact) mass is 289 g/mol. The molecule has 2 nitrogen and oxygen atoms in total. The average Bonchev–Trinajstić information content (AvgIpc) is 2.26. The van der Waals surface area contributed by atoms with Gasteiger partial charge in [-0.05, 0) is 49.0 Å². The van der Waals surface area contributed by atoms with Crippen LogP contribution in [0.25, 0.3) is 0 Å². The standard InChI is InChI=1S/C15H22F3NO/c1-11(2)9-19-10-12(3)7-13-5-4-6-14(8-13)20-15(16,17)18/h4-6,8,11-12,19H,7,9-10H2,1-3H3. The van der Waals surface area contributed by atoms with Crippen molar-refractivity contribution in [1.29, 1.82) is 0 Å². The fraction of sp³-hybridized carbons (Fsp3) is 0.600. The molecule has 1 aromatic carbocycles. The van der Waals surface area contributed by atoms with Crippen LogP contribution >= 0.6 is 0 Å². The van der Waals surface area contributed by atoms with Gasteiger partial charge in [0.2, 0.25) is 0 Å². The minimum absolute atomic E-state index is 0.155. The van der Waals surface area contributed by atoms with Crippen molar-refractivity contribution in [3.8, 4) is 5.75 Å². The summed E-state index contributed by atoms with van der Waals surface area (Å²) in [6.45, 7) is 8.14. The number of rotatable bonds is 7. The van der Waals surface area contributed by atoms with Gasteiger partial charge in [-0.2, -0.15) is 0 Å². The Morgan fingerprint density at radius 2 is 1.85 bits per heavy atom. The molecule has 1 N–H and O–H groups in total. The third-order valence-corrected chi connectivity index (χ3v) is 2.76. The van der Waals surface area contributed by atoms with Gasteiger partial charge in [0.25, 0.3) is 0 Å². The lowest BCUT2D eigenvalue weighted by atomic mass is 10.0. The van der Waals surface area contributed by atoms with E-state index in [2.05, 4.69) is 30.8 Å². The van der Waals surface area contributed by atoms with E-state index in [4.69, 9.17) is 0 Å². The lowest BCUT2D eigenvalue weighted by Crippen LogP contribution is -2.26. The summed E-state index contributed by atoms with van der Waals surface area (Å²) < 4.78 is 40.4. The number of hydrogen-bond acceptors (Lipinski definition) is 2. The first-order valence-electron chi connectivity index (χ1n) is 6.81. The van der Waals surface area contributed by atoms with Crippen LogP contribution < -0.4 is 10.1 Å². The lowest BCUT2D eigenvalue weighted by Gasteiger charge is -2.15. The molecule has 0 heterocycles. The topological polar surface area (TPSA) is 21.3 Å². The highest BCUT2D eigenvalue weighted by atomic mass is 19.4. The molecule has 5 heteroatoms. The largest absolute Gasteiger partial charge is 0.573 e. The number of benzene rings is 1. The van der Waals surface area contributed by atoms with Gasteiger partial charge in [-0.1, -0.05) is 32.9 Å². The maximum absolute atomic E-state index is 12.1. The molecule has 0 aliphatic carbocycles. The van der Waals surface area contributed by atoms with E-state index in [0.717, 1.165) is 25.1 Å². The van der Waals surface area contributed by atoms with Crippen LogP contribution in [0.5, 0.6) is 5.75 Å². The van der Waals surface area contributed by atoms with Crippen molar-refractivity contribution in [3.63, 3.8) is 0 Å². The maximum Gasteiger partial charge on any atom is 0.573 e. The summed E-state index contributed by atoms with van der Waals surface area (Å²) in [6.07, 6.45) is -3.91. The SMILES string of the molecule is CC(C)CNCC(C)Cc1cccc(OC(F)(F)F)c1. The Bertz CT molecular complexity index is 404. The molecule has 0 fully saturated rings. The molecule has 0 amide bonds. The van der Waals surface area contributed by atoms with Crippen molar-refractivity contribution in [2.24, 2.45) is 11.8 Å². The first-order chi connectivity index (χ1) is 9.26. The fourth-order valence-corrected chi connectivity index (χ4v) is 1.96. The van der Waals surface area contributed by atoms with Gasteiger partial charge in [-0.3, -0.25) is 0 Å². The van der Waals surface area contributed by atoms with Crippen LogP contribution in [0.15, 0.2) is 24.3 Å². The summed E-state index contributed by atoms with van der Waals surface area (Å²) in [7, 11) is 0. The second kappa shape index (κ2) is 7.53. The molecule has 0 aliphatic heterocycles. The number of alkyl halides is 3. The highest BCUT2D eigenvalue weighted by Gasteiger charge is 2.31. The van der Waals surface area contributed by atoms with E-state index >= 15 is 0 Å². The zero-order valence-electron chi connectivity index (χ0n) is 12.1. The smallest absolute Gasteiger partial charge is 0.406 e. The van der Waals surface area contributed by atoms with Crippen LogP contribution in [-0.2, 0) is 6.42 Å². The Morgan fingerprint density at radius 3 is 2.45 bits per heavy atom. The third kappa shape index (κ3) is 7.38. The van der Waals surface area contributed by atoms with Crippen LogP contribution in [0.3, 0.4) is 0 Å². The normalized spacial score (nSPS) is 13.6. The summed E-state index contributed by atoms with van der Waals surface area (Å²) >= 11 is 0. The van der Waals surface area contributed by atoms with Gasteiger partial charge in [0, 0.05) is 0 Å². The highest BCUT2D eigenvalue weighted by molar-refractivity contribution is 5.29. The number of halogens is 3. The predicted molar refractivity (Wildman–Crippen MR) is 73.7 cm³/mol. The molecular formula is C15H22F3NO. The third-order valence-electron chi connectivity index (χ3n) is 2.76. The summed E-state index contributed by atoms with van der Waals surface area (Å²) in [5.74, 6) is 0.790. The van der Waals surface area contributed by atoms with Gasteiger partial charge in [0.05, 0.1) is 0 Å². The Balaban J connectivity index is 2.49. The second-order valence-electron chi connectivity index (χ2n) is 5.56. The van der Waals surface area contributed by atoms with Gasteiger partial charge in [0.15, 0.2) is 0 Å². The zero-order valence-corrected chi connectivity index (χ0v) is 12.1. The molecule has 0 bridgehead atoms. The summed E-state index contributed by atoms with van der Waals surface area (Å²) in [5.41, 5.74) is 0.852. The quantitative estimate of drug-likeness (QED) is 0.819. The Kier molecular flexibility index (Phi) is 6.33. The van der Waals surface area contributed by atoms with Gasteiger partial charge >= 0.3 is 6.36 Å². The van der Waals surface area contributed by atoms with Crippen molar-refractivity contribution >= 4 is 0 Å². The molecule has 0 radical (unpaired) electrons. The van der Waals surface area contributed by atoms with Gasteiger partial charge in [-0.25, -0.2) is 0 Å². The lowest BCUT2D eigenvalue weighted by molar-refractivity contribution is -0.274. The first-order valence-corrected chi connectivity index (χ1v) is 6.81. The molecule has 1 unspecified atom stereocenters. The molecule has 0 aromatic heterocycles. The molecule has 1 atom stereocenters. The van der Waals surface area contributed by atoms with Crippen molar-refractivity contribution in [3.05, 3.63) is 29.8 Å². The first kappa shape index (κ1) is 16.8. The molecule has 0 saturated carbocycles. The second-order valence-corrected chi connectivity index (χ2v) is 5.56. The number of hydrogen-bond donors (Lipinski definition) is 1. The van der Waals surface area contributed by atoms with Crippen molar-refractivity contribution in [2.45, 2.75) is 33.6 Å². The molecule has 1 aromatic rings. The molecule has 0 aliphatic rings. The molecule has 1 rings (SSSR count). The Hall–Kier alpha value is -1.23. The summed E-state index contributed by atoms with van der Waals surface area (Å²) in [6, 6.07) is 6.18. The minimum atomic E-state index is -4.64. The van der Waals surface area contributed by atoms with Crippen LogP contribution in [0.4, 0.5) is 13.2 Å². The average molecular weight is 289 g/mol. The number of ether oxygens (including phenoxy) is 1. The highest BCUT2D eigenvalue weighted by Crippen LogP contribution is 2.24. The van der Waals surface area contributed by atoms with Gasteiger partial charge < -0.3 is 10.1 Å². The van der Waals surface area contributed by atoms with Crippen LogP contribution in [0.1, 0.15) is 26.3 Å². The predicted octanol–water partition coefficient (Wildman–Crippen LogP) is 4.01. The van der Waals surface area contributed by atoms with Crippen molar-refractivity contribution in [2.75, 3.05) is 13.1 Å². The van der Waals surface area contributed by atoms with Gasteiger partial charge in [0.1, 0.15) is 5.75 Å². The van der Waals surface area contributed by atoms with E-state index in [-0.39, 0.29) is 5.75 Å². The van der Waals surface area contributed by atoms with E-state index in [0.29, 0.717) is 11.8 Å². The molecule has 114 valence electrons.